The average molecular weight is 498 g/mol. The van der Waals surface area contributed by atoms with Crippen LogP contribution in [0.3, 0.4) is 0 Å². The molecule has 3 aliphatic heterocycles. The van der Waals surface area contributed by atoms with Crippen LogP contribution in [0.5, 0.6) is 0 Å². The quantitative estimate of drug-likeness (QED) is 0.379. The zero-order valence-corrected chi connectivity index (χ0v) is 21.7. The molecule has 0 amide bonds. The molecule has 8 rings (SSSR count). The Morgan fingerprint density at radius 3 is 2.14 bits per heavy atom. The van der Waals surface area contributed by atoms with Gasteiger partial charge < -0.3 is 25.5 Å². The fourth-order valence-corrected chi connectivity index (χ4v) is 8.16. The molecule has 1 aromatic carbocycles. The Bertz CT molecular complexity index is 1270. The van der Waals surface area contributed by atoms with Crippen LogP contribution in [0.25, 0.3) is 11.3 Å². The molecule has 0 radical (unpaired) electrons. The molecular weight excluding hydrogens is 458 g/mol. The number of benzene rings is 1. The van der Waals surface area contributed by atoms with Crippen LogP contribution < -0.4 is 15.5 Å². The second kappa shape index (κ2) is 8.98. The Morgan fingerprint density at radius 2 is 1.41 bits per heavy atom. The lowest BCUT2D eigenvalue weighted by atomic mass is 9.85. The minimum Gasteiger partial charge on any atom is -0.371 e. The lowest BCUT2D eigenvalue weighted by Crippen LogP contribution is -2.34. The van der Waals surface area contributed by atoms with E-state index in [9.17, 15) is 0 Å². The van der Waals surface area contributed by atoms with Crippen LogP contribution in [0.4, 0.5) is 5.69 Å². The molecule has 7 heteroatoms. The summed E-state index contributed by atoms with van der Waals surface area (Å²) in [6.07, 6.45) is 15.5. The van der Waals surface area contributed by atoms with Gasteiger partial charge in [0.05, 0.1) is 24.0 Å². The zero-order chi connectivity index (χ0) is 24.3. The van der Waals surface area contributed by atoms with E-state index in [1.807, 2.05) is 0 Å². The summed E-state index contributed by atoms with van der Waals surface area (Å²) in [6, 6.07) is 5.64. The van der Waals surface area contributed by atoms with Crippen molar-refractivity contribution in [2.45, 2.75) is 87.6 Å². The van der Waals surface area contributed by atoms with Gasteiger partial charge in [-0.3, -0.25) is 0 Å². The number of rotatable bonds is 5. The van der Waals surface area contributed by atoms with Gasteiger partial charge in [-0.15, -0.1) is 0 Å². The van der Waals surface area contributed by atoms with Crippen LogP contribution >= 0.6 is 0 Å². The third-order valence-electron chi connectivity index (χ3n) is 10.1. The van der Waals surface area contributed by atoms with E-state index >= 15 is 0 Å². The minimum atomic E-state index is 0.388. The highest BCUT2D eigenvalue weighted by molar-refractivity contribution is 5.75. The summed E-state index contributed by atoms with van der Waals surface area (Å²) in [5.74, 6) is 4.30. The van der Waals surface area contributed by atoms with Crippen LogP contribution in [0.2, 0.25) is 0 Å². The Morgan fingerprint density at radius 1 is 0.703 bits per heavy atom. The number of hydrogen-bond donors (Lipinski definition) is 4. The van der Waals surface area contributed by atoms with Gasteiger partial charge in [0.15, 0.2) is 0 Å². The van der Waals surface area contributed by atoms with E-state index in [0.29, 0.717) is 18.0 Å². The molecule has 4 atom stereocenters. The Kier molecular flexibility index (Phi) is 5.43. The van der Waals surface area contributed by atoms with Crippen LogP contribution in [0.15, 0.2) is 24.5 Å². The number of aromatic amines is 2. The second-order valence-electron chi connectivity index (χ2n) is 12.1. The van der Waals surface area contributed by atoms with Gasteiger partial charge in [0.25, 0.3) is 0 Å². The number of nitrogens with zero attached hydrogens (tertiary/aromatic N) is 3. The highest BCUT2D eigenvalue weighted by Gasteiger charge is 2.41. The number of hydrogen-bond acceptors (Lipinski definition) is 5. The lowest BCUT2D eigenvalue weighted by molar-refractivity contribution is 0.494. The smallest absolute Gasteiger partial charge is 0.123 e. The minimum absolute atomic E-state index is 0.388. The highest BCUT2D eigenvalue weighted by atomic mass is 15.1. The lowest BCUT2D eigenvalue weighted by Gasteiger charge is -2.36. The van der Waals surface area contributed by atoms with Gasteiger partial charge in [0.2, 0.25) is 0 Å². The third-order valence-corrected chi connectivity index (χ3v) is 10.1. The van der Waals surface area contributed by atoms with E-state index in [2.05, 4.69) is 50.0 Å². The number of imidazole rings is 2. The van der Waals surface area contributed by atoms with Crippen molar-refractivity contribution in [2.24, 2.45) is 0 Å². The van der Waals surface area contributed by atoms with Crippen LogP contribution in [-0.2, 0) is 0 Å². The van der Waals surface area contributed by atoms with E-state index in [-0.39, 0.29) is 0 Å². The molecule has 7 nitrogen and oxygen atoms in total. The average Bonchev–Trinajstić information content (AvgIpc) is 3.79. The maximum Gasteiger partial charge on any atom is 0.123 e. The first-order valence-electron chi connectivity index (χ1n) is 14.8. The van der Waals surface area contributed by atoms with Gasteiger partial charge >= 0.3 is 0 Å². The van der Waals surface area contributed by atoms with Crippen molar-refractivity contribution in [2.75, 3.05) is 31.1 Å². The fraction of sp³-hybridized carbons (Fsp3) is 0.600. The molecule has 2 bridgehead atoms. The van der Waals surface area contributed by atoms with Crippen LogP contribution in [0.1, 0.15) is 116 Å². The Balaban J connectivity index is 1.04. The molecule has 4 fully saturated rings. The monoisotopic (exact) mass is 497 g/mol. The van der Waals surface area contributed by atoms with Crippen LogP contribution in [0, 0.1) is 0 Å². The summed E-state index contributed by atoms with van der Waals surface area (Å²) >= 11 is 0. The van der Waals surface area contributed by atoms with Crippen molar-refractivity contribution in [1.29, 1.82) is 0 Å². The molecule has 194 valence electrons. The van der Waals surface area contributed by atoms with E-state index in [1.54, 1.807) is 11.1 Å². The van der Waals surface area contributed by atoms with Crippen molar-refractivity contribution >= 4 is 5.69 Å². The van der Waals surface area contributed by atoms with Crippen molar-refractivity contribution in [3.05, 3.63) is 53.0 Å². The molecule has 2 aromatic heterocycles. The molecule has 5 heterocycles. The summed E-state index contributed by atoms with van der Waals surface area (Å²) in [4.78, 5) is 19.6. The predicted molar refractivity (Wildman–Crippen MR) is 146 cm³/mol. The van der Waals surface area contributed by atoms with E-state index in [4.69, 9.17) is 9.97 Å². The van der Waals surface area contributed by atoms with E-state index in [0.717, 1.165) is 49.7 Å². The molecule has 0 spiro atoms. The Labute approximate surface area is 219 Å². The first kappa shape index (κ1) is 22.4. The summed E-state index contributed by atoms with van der Waals surface area (Å²) in [7, 11) is 0. The summed E-state index contributed by atoms with van der Waals surface area (Å²) < 4.78 is 0. The van der Waals surface area contributed by atoms with Gasteiger partial charge in [-0.25, -0.2) is 9.97 Å². The number of anilines is 1. The predicted octanol–water partition coefficient (Wildman–Crippen LogP) is 5.40. The van der Waals surface area contributed by atoms with Crippen molar-refractivity contribution in [3.8, 4) is 11.3 Å². The van der Waals surface area contributed by atoms with Crippen molar-refractivity contribution in [3.63, 3.8) is 0 Å². The molecule has 2 aliphatic carbocycles. The number of nitrogens with one attached hydrogen (secondary N) is 4. The zero-order valence-electron chi connectivity index (χ0n) is 21.7. The maximum atomic E-state index is 4.80. The van der Waals surface area contributed by atoms with E-state index < -0.39 is 0 Å². The van der Waals surface area contributed by atoms with Crippen molar-refractivity contribution in [1.82, 2.24) is 30.6 Å². The summed E-state index contributed by atoms with van der Waals surface area (Å²) in [5.41, 5.74) is 8.77. The van der Waals surface area contributed by atoms with E-state index in [1.165, 1.54) is 80.4 Å². The SMILES string of the molecule is c1nc(C2CCCN2)[nH]c1-c1ccc(N2CCC(c3cnc(C4CCCN4)[nH]3)CC2)c2c1C1CCC2C1. The molecule has 37 heavy (non-hydrogen) atoms. The third kappa shape index (κ3) is 3.76. The van der Waals surface area contributed by atoms with Gasteiger partial charge in [0, 0.05) is 42.1 Å². The standard InChI is InChI=1S/C30H39N7/c1-3-22(31-11-1)29-33-16-24(35-29)18-9-13-37(14-10-18)26-8-7-21(27-19-5-6-20(15-19)28(26)27)25-17-34-30(36-25)23-4-2-12-32-23/h7-8,16-20,22-23,31-32H,1-6,9-15H2,(H,33,35)(H,34,36). The highest BCUT2D eigenvalue weighted by Crippen LogP contribution is 2.58. The topological polar surface area (TPSA) is 84.7 Å². The molecule has 5 aliphatic rings. The molecular formula is C30H39N7. The first-order chi connectivity index (χ1) is 18.3. The second-order valence-corrected chi connectivity index (χ2v) is 12.1. The number of fused-ring (bicyclic) bond motifs is 5. The number of aromatic nitrogens is 4. The van der Waals surface area contributed by atoms with Gasteiger partial charge in [0.1, 0.15) is 11.6 Å². The normalized spacial score (nSPS) is 29.5. The fourth-order valence-electron chi connectivity index (χ4n) is 8.16. The van der Waals surface area contributed by atoms with Crippen molar-refractivity contribution < 1.29 is 0 Å². The van der Waals surface area contributed by atoms with Gasteiger partial charge in [-0.05, 0) is 99.9 Å². The summed E-state index contributed by atoms with van der Waals surface area (Å²) in [5, 5.41) is 7.17. The van der Waals surface area contributed by atoms with Gasteiger partial charge in [-0.1, -0.05) is 6.07 Å². The molecule has 4 unspecified atom stereocenters. The first-order valence-corrected chi connectivity index (χ1v) is 14.8. The maximum absolute atomic E-state index is 4.80. The van der Waals surface area contributed by atoms with Gasteiger partial charge in [-0.2, -0.15) is 0 Å². The molecule has 3 aromatic rings. The van der Waals surface area contributed by atoms with Crippen LogP contribution in [-0.4, -0.2) is 46.1 Å². The molecule has 1 saturated carbocycles. The largest absolute Gasteiger partial charge is 0.371 e. The Hall–Kier alpha value is -2.64. The number of piperidine rings is 1. The molecule has 4 N–H and O–H groups in total. The summed E-state index contributed by atoms with van der Waals surface area (Å²) in [6.45, 7) is 4.48. The number of H-pyrrole nitrogens is 2. The molecule has 3 saturated heterocycles.